The second kappa shape index (κ2) is 8.29. The smallest absolute Gasteiger partial charge is 0.269 e. The van der Waals surface area contributed by atoms with Crippen molar-refractivity contribution in [1.29, 1.82) is 0 Å². The van der Waals surface area contributed by atoms with Gasteiger partial charge in [0.15, 0.2) is 0 Å². The first-order chi connectivity index (χ1) is 11.1. The summed E-state index contributed by atoms with van der Waals surface area (Å²) in [6.45, 7) is 2.48. The fourth-order valence-corrected chi connectivity index (χ4v) is 2.21. The van der Waals surface area contributed by atoms with Crippen molar-refractivity contribution >= 4 is 5.69 Å². The number of nitrogens with one attached hydrogen (secondary N) is 1. The van der Waals surface area contributed by atoms with Crippen LogP contribution in [0.25, 0.3) is 0 Å². The Morgan fingerprint density at radius 3 is 2.57 bits per heavy atom. The average molecular weight is 314 g/mol. The van der Waals surface area contributed by atoms with Crippen LogP contribution in [-0.2, 0) is 13.0 Å². The summed E-state index contributed by atoms with van der Waals surface area (Å²) in [5.41, 5.74) is 2.14. The molecule has 0 heterocycles. The van der Waals surface area contributed by atoms with E-state index in [1.165, 1.54) is 17.7 Å². The van der Waals surface area contributed by atoms with Crippen LogP contribution in [0.1, 0.15) is 24.5 Å². The third kappa shape index (κ3) is 5.38. The molecule has 5 heteroatoms. The molecule has 0 aliphatic heterocycles. The van der Waals surface area contributed by atoms with Crippen molar-refractivity contribution in [3.63, 3.8) is 0 Å². The normalized spacial score (nSPS) is 11.9. The minimum absolute atomic E-state index is 0.0834. The summed E-state index contributed by atoms with van der Waals surface area (Å²) in [6.07, 6.45) is 2.11. The molecule has 1 unspecified atom stereocenters. The Bertz CT molecular complexity index is 641. The van der Waals surface area contributed by atoms with Gasteiger partial charge in [-0.25, -0.2) is 0 Å². The largest absolute Gasteiger partial charge is 0.489 e. The van der Waals surface area contributed by atoms with Crippen LogP contribution >= 0.6 is 0 Å². The van der Waals surface area contributed by atoms with Crippen molar-refractivity contribution in [3.8, 4) is 5.75 Å². The molecule has 2 aromatic carbocycles. The maximum atomic E-state index is 10.8. The molecule has 0 fully saturated rings. The molecule has 5 nitrogen and oxygen atoms in total. The highest BCUT2D eigenvalue weighted by Crippen LogP contribution is 2.18. The van der Waals surface area contributed by atoms with E-state index in [1.54, 1.807) is 6.07 Å². The molecule has 0 saturated heterocycles. The van der Waals surface area contributed by atoms with E-state index < -0.39 is 4.92 Å². The maximum Gasteiger partial charge on any atom is 0.269 e. The third-order valence-corrected chi connectivity index (χ3v) is 3.81. The Kier molecular flexibility index (Phi) is 6.11. The van der Waals surface area contributed by atoms with Crippen LogP contribution in [0.2, 0.25) is 0 Å². The molecule has 0 spiro atoms. The lowest BCUT2D eigenvalue weighted by atomic mass is 10.1. The van der Waals surface area contributed by atoms with Gasteiger partial charge in [-0.3, -0.25) is 10.1 Å². The van der Waals surface area contributed by atoms with Crippen molar-refractivity contribution in [2.24, 2.45) is 0 Å². The minimum atomic E-state index is -0.398. The van der Waals surface area contributed by atoms with Crippen LogP contribution < -0.4 is 10.1 Å². The Morgan fingerprint density at radius 1 is 1.17 bits per heavy atom. The van der Waals surface area contributed by atoms with Gasteiger partial charge < -0.3 is 10.1 Å². The molecule has 0 bridgehead atoms. The van der Waals surface area contributed by atoms with Gasteiger partial charge in [-0.15, -0.1) is 0 Å². The molecule has 122 valence electrons. The van der Waals surface area contributed by atoms with E-state index in [0.29, 0.717) is 12.6 Å². The van der Waals surface area contributed by atoms with Gasteiger partial charge in [0.25, 0.3) is 5.69 Å². The van der Waals surface area contributed by atoms with Gasteiger partial charge in [0.1, 0.15) is 12.4 Å². The molecule has 1 atom stereocenters. The van der Waals surface area contributed by atoms with E-state index >= 15 is 0 Å². The number of hydrogen-bond donors (Lipinski definition) is 1. The highest BCUT2D eigenvalue weighted by Gasteiger charge is 2.06. The quantitative estimate of drug-likeness (QED) is 0.596. The summed E-state index contributed by atoms with van der Waals surface area (Å²) in [7, 11) is 1.97. The molecule has 0 aliphatic carbocycles. The fraction of sp³-hybridized carbons (Fsp3) is 0.333. The standard InChI is InChI=1S/C18H22N2O3/c1-14(19-2)6-7-15-8-10-18(11-9-15)23-13-16-4-3-5-17(12-16)20(21)22/h3-5,8-12,14,19H,6-7,13H2,1-2H3. The van der Waals surface area contributed by atoms with Crippen LogP contribution in [0.3, 0.4) is 0 Å². The highest BCUT2D eigenvalue weighted by molar-refractivity contribution is 5.34. The van der Waals surface area contributed by atoms with Gasteiger partial charge in [0.2, 0.25) is 0 Å². The summed E-state index contributed by atoms with van der Waals surface area (Å²) in [4.78, 5) is 10.4. The first-order valence-corrected chi connectivity index (χ1v) is 7.71. The molecule has 0 amide bonds. The predicted molar refractivity (Wildman–Crippen MR) is 90.7 cm³/mol. The fourth-order valence-electron chi connectivity index (χ4n) is 2.21. The minimum Gasteiger partial charge on any atom is -0.489 e. The molecule has 1 N–H and O–H groups in total. The third-order valence-electron chi connectivity index (χ3n) is 3.81. The Balaban J connectivity index is 1.89. The van der Waals surface area contributed by atoms with Crippen LogP contribution in [-0.4, -0.2) is 18.0 Å². The number of non-ortho nitro benzene ring substituents is 1. The summed E-state index contributed by atoms with van der Waals surface area (Å²) in [5.74, 6) is 0.766. The molecular formula is C18H22N2O3. The average Bonchev–Trinajstić information content (AvgIpc) is 2.59. The summed E-state index contributed by atoms with van der Waals surface area (Å²) in [5, 5.41) is 14.0. The molecule has 0 aromatic heterocycles. The SMILES string of the molecule is CNC(C)CCc1ccc(OCc2cccc([N+](=O)[O-])c2)cc1. The van der Waals surface area contributed by atoms with E-state index in [0.717, 1.165) is 24.2 Å². The van der Waals surface area contributed by atoms with Crippen LogP contribution in [0.4, 0.5) is 5.69 Å². The Morgan fingerprint density at radius 2 is 1.91 bits per heavy atom. The zero-order valence-electron chi connectivity index (χ0n) is 13.5. The molecular weight excluding hydrogens is 292 g/mol. The number of rotatable bonds is 8. The zero-order valence-corrected chi connectivity index (χ0v) is 13.5. The maximum absolute atomic E-state index is 10.8. The lowest BCUT2D eigenvalue weighted by molar-refractivity contribution is -0.384. The first kappa shape index (κ1) is 17.0. The monoisotopic (exact) mass is 314 g/mol. The lowest BCUT2D eigenvalue weighted by Crippen LogP contribution is -2.21. The van der Waals surface area contributed by atoms with Crippen molar-refractivity contribution in [3.05, 3.63) is 69.8 Å². The molecule has 0 aliphatic rings. The second-order valence-corrected chi connectivity index (χ2v) is 5.59. The first-order valence-electron chi connectivity index (χ1n) is 7.71. The van der Waals surface area contributed by atoms with Gasteiger partial charge in [0, 0.05) is 18.2 Å². The number of nitrogens with zero attached hydrogens (tertiary/aromatic N) is 1. The molecule has 23 heavy (non-hydrogen) atoms. The Labute approximate surface area is 136 Å². The molecule has 2 rings (SSSR count). The van der Waals surface area contributed by atoms with Gasteiger partial charge in [-0.1, -0.05) is 24.3 Å². The number of nitro benzene ring substituents is 1. The van der Waals surface area contributed by atoms with E-state index in [9.17, 15) is 10.1 Å². The number of nitro groups is 1. The van der Waals surface area contributed by atoms with E-state index in [4.69, 9.17) is 4.74 Å². The Hall–Kier alpha value is -2.40. The van der Waals surface area contributed by atoms with E-state index in [-0.39, 0.29) is 5.69 Å². The summed E-state index contributed by atoms with van der Waals surface area (Å²) < 4.78 is 5.69. The second-order valence-electron chi connectivity index (χ2n) is 5.59. The lowest BCUT2D eigenvalue weighted by Gasteiger charge is -2.10. The van der Waals surface area contributed by atoms with Crippen molar-refractivity contribution in [2.45, 2.75) is 32.4 Å². The van der Waals surface area contributed by atoms with Gasteiger partial charge in [0.05, 0.1) is 4.92 Å². The predicted octanol–water partition coefficient (Wildman–Crippen LogP) is 3.71. The highest BCUT2D eigenvalue weighted by atomic mass is 16.6. The number of benzene rings is 2. The molecule has 0 radical (unpaired) electrons. The van der Waals surface area contributed by atoms with Crippen LogP contribution in [0, 0.1) is 10.1 Å². The van der Waals surface area contributed by atoms with Crippen LogP contribution in [0.15, 0.2) is 48.5 Å². The number of aryl methyl sites for hydroxylation is 1. The molecule has 0 saturated carbocycles. The van der Waals surface area contributed by atoms with Crippen molar-refractivity contribution < 1.29 is 9.66 Å². The summed E-state index contributed by atoms with van der Waals surface area (Å²) >= 11 is 0. The number of hydrogen-bond acceptors (Lipinski definition) is 4. The van der Waals surface area contributed by atoms with Crippen molar-refractivity contribution in [1.82, 2.24) is 5.32 Å². The van der Waals surface area contributed by atoms with E-state index in [1.807, 2.05) is 25.2 Å². The van der Waals surface area contributed by atoms with Gasteiger partial charge in [-0.2, -0.15) is 0 Å². The van der Waals surface area contributed by atoms with Crippen LogP contribution in [0.5, 0.6) is 5.75 Å². The zero-order chi connectivity index (χ0) is 16.7. The summed E-state index contributed by atoms with van der Waals surface area (Å²) in [6, 6.07) is 15.0. The van der Waals surface area contributed by atoms with Crippen molar-refractivity contribution in [2.75, 3.05) is 7.05 Å². The number of ether oxygens (including phenoxy) is 1. The topological polar surface area (TPSA) is 64.4 Å². The van der Waals surface area contributed by atoms with Gasteiger partial charge in [-0.05, 0) is 50.1 Å². The van der Waals surface area contributed by atoms with E-state index in [2.05, 4.69) is 24.4 Å². The molecule has 2 aromatic rings. The van der Waals surface area contributed by atoms with Gasteiger partial charge >= 0.3 is 0 Å².